The molecule has 0 aliphatic heterocycles. The van der Waals surface area contributed by atoms with Crippen molar-refractivity contribution in [1.82, 2.24) is 14.8 Å². The van der Waals surface area contributed by atoms with Crippen LogP contribution in [0.3, 0.4) is 0 Å². The van der Waals surface area contributed by atoms with Crippen molar-refractivity contribution in [2.24, 2.45) is 7.05 Å². The zero-order chi connectivity index (χ0) is 6.15. The molecule has 1 aromatic heterocycles. The third-order valence-corrected chi connectivity index (χ3v) is 1.11. The van der Waals surface area contributed by atoms with Crippen LogP contribution in [0.2, 0.25) is 0 Å². The molecule has 0 aromatic carbocycles. The number of halogens is 1. The van der Waals surface area contributed by atoms with Crippen molar-refractivity contribution < 1.29 is 0 Å². The Morgan fingerprint density at radius 3 is 2.50 bits per heavy atom. The van der Waals surface area contributed by atoms with Crippen molar-refractivity contribution in [3.05, 3.63) is 4.73 Å². The molecule has 1 heterocycles. The summed E-state index contributed by atoms with van der Waals surface area (Å²) in [7, 11) is 1.73. The maximum Gasteiger partial charge on any atom is 0.219 e. The first-order valence-corrected chi connectivity index (χ1v) is 2.81. The molecule has 4 nitrogen and oxygen atoms in total. The van der Waals surface area contributed by atoms with Crippen LogP contribution in [0.25, 0.3) is 0 Å². The van der Waals surface area contributed by atoms with Crippen molar-refractivity contribution in [3.63, 3.8) is 0 Å². The highest BCUT2D eigenvalue weighted by Gasteiger charge is 1.96. The Bertz CT molecular complexity index is 174. The first-order chi connectivity index (χ1) is 3.70. The first kappa shape index (κ1) is 5.55. The van der Waals surface area contributed by atoms with Crippen LogP contribution in [-0.4, -0.2) is 14.8 Å². The number of aryl methyl sites for hydroxylation is 1. The zero-order valence-corrected chi connectivity index (χ0v) is 5.88. The van der Waals surface area contributed by atoms with Crippen LogP contribution in [0.4, 0.5) is 5.95 Å². The Morgan fingerprint density at radius 1 is 1.75 bits per heavy atom. The third kappa shape index (κ3) is 0.812. The van der Waals surface area contributed by atoms with Crippen LogP contribution >= 0.6 is 15.9 Å². The largest absolute Gasteiger partial charge is 0.368 e. The lowest BCUT2D eigenvalue weighted by molar-refractivity contribution is 0.771. The van der Waals surface area contributed by atoms with E-state index in [0.717, 1.165) is 0 Å². The second kappa shape index (κ2) is 1.74. The monoisotopic (exact) mass is 176 g/mol. The van der Waals surface area contributed by atoms with Crippen molar-refractivity contribution in [2.45, 2.75) is 0 Å². The molecular weight excluding hydrogens is 172 g/mol. The Labute approximate surface area is 54.8 Å². The Hall–Kier alpha value is -0.580. The van der Waals surface area contributed by atoms with E-state index >= 15 is 0 Å². The van der Waals surface area contributed by atoms with E-state index in [9.17, 15) is 0 Å². The Balaban J connectivity index is 3.14. The van der Waals surface area contributed by atoms with Gasteiger partial charge in [0.05, 0.1) is 0 Å². The second-order valence-corrected chi connectivity index (χ2v) is 2.07. The summed E-state index contributed by atoms with van der Waals surface area (Å²) in [5.41, 5.74) is 5.30. The number of aromatic nitrogens is 3. The summed E-state index contributed by atoms with van der Waals surface area (Å²) in [6, 6.07) is 0. The van der Waals surface area contributed by atoms with Gasteiger partial charge in [0.1, 0.15) is 0 Å². The standard InChI is InChI=1S/C3H5BrN4/c1-8-3(5)6-2(4)7-8/h1H3,(H2,5,6,7). The van der Waals surface area contributed by atoms with Crippen LogP contribution in [0.5, 0.6) is 0 Å². The van der Waals surface area contributed by atoms with E-state index in [1.807, 2.05) is 0 Å². The fraction of sp³-hybridized carbons (Fsp3) is 0.333. The van der Waals surface area contributed by atoms with Gasteiger partial charge in [-0.3, -0.25) is 0 Å². The zero-order valence-electron chi connectivity index (χ0n) is 4.30. The lowest BCUT2D eigenvalue weighted by Gasteiger charge is -1.84. The number of rotatable bonds is 0. The van der Waals surface area contributed by atoms with Gasteiger partial charge in [-0.15, -0.1) is 5.10 Å². The summed E-state index contributed by atoms with van der Waals surface area (Å²) in [4.78, 5) is 3.76. The highest BCUT2D eigenvalue weighted by Crippen LogP contribution is 2.02. The minimum atomic E-state index is 0.414. The molecular formula is C3H5BrN4. The predicted octanol–water partition coefficient (Wildman–Crippen LogP) is 0.160. The molecule has 1 aromatic rings. The van der Waals surface area contributed by atoms with Gasteiger partial charge in [-0.2, -0.15) is 4.98 Å². The molecule has 0 radical (unpaired) electrons. The fourth-order valence-corrected chi connectivity index (χ4v) is 0.784. The normalized spacial score (nSPS) is 9.75. The van der Waals surface area contributed by atoms with Crippen LogP contribution in [0.15, 0.2) is 4.73 Å². The molecule has 0 atom stereocenters. The molecule has 0 saturated carbocycles. The van der Waals surface area contributed by atoms with E-state index in [1.54, 1.807) is 7.05 Å². The van der Waals surface area contributed by atoms with E-state index in [2.05, 4.69) is 26.0 Å². The van der Waals surface area contributed by atoms with E-state index in [-0.39, 0.29) is 0 Å². The number of nitrogen functional groups attached to an aromatic ring is 1. The highest BCUT2D eigenvalue weighted by atomic mass is 79.9. The summed E-state index contributed by atoms with van der Waals surface area (Å²) in [5.74, 6) is 0.414. The number of nitrogens with two attached hydrogens (primary N) is 1. The molecule has 0 aliphatic carbocycles. The molecule has 2 N–H and O–H groups in total. The van der Waals surface area contributed by atoms with Gasteiger partial charge in [0.25, 0.3) is 0 Å². The minimum Gasteiger partial charge on any atom is -0.368 e. The number of nitrogens with zero attached hydrogens (tertiary/aromatic N) is 3. The molecule has 0 saturated heterocycles. The van der Waals surface area contributed by atoms with Crippen LogP contribution in [0, 0.1) is 0 Å². The third-order valence-electron chi connectivity index (χ3n) is 0.771. The van der Waals surface area contributed by atoms with Gasteiger partial charge in [0.15, 0.2) is 0 Å². The predicted molar refractivity (Wildman–Crippen MR) is 33.1 cm³/mol. The molecule has 0 bridgehead atoms. The number of anilines is 1. The second-order valence-electron chi connectivity index (χ2n) is 1.36. The van der Waals surface area contributed by atoms with E-state index in [0.29, 0.717) is 10.7 Å². The maximum absolute atomic E-state index is 5.30. The topological polar surface area (TPSA) is 56.7 Å². The number of hydrogen-bond donors (Lipinski definition) is 1. The van der Waals surface area contributed by atoms with E-state index in [4.69, 9.17) is 5.73 Å². The lowest BCUT2D eigenvalue weighted by atomic mass is 11.0. The molecule has 5 heteroatoms. The van der Waals surface area contributed by atoms with Gasteiger partial charge >= 0.3 is 0 Å². The quantitative estimate of drug-likeness (QED) is 0.613. The Kier molecular flexibility index (Phi) is 1.21. The molecule has 0 unspecified atom stereocenters. The Morgan fingerprint density at radius 2 is 2.38 bits per heavy atom. The molecule has 0 fully saturated rings. The summed E-state index contributed by atoms with van der Waals surface area (Å²) >= 11 is 3.06. The van der Waals surface area contributed by atoms with Gasteiger partial charge in [0, 0.05) is 7.05 Å². The average molecular weight is 177 g/mol. The SMILES string of the molecule is Cn1nc(Br)nc1N. The lowest BCUT2D eigenvalue weighted by Crippen LogP contribution is -1.97. The minimum absolute atomic E-state index is 0.414. The van der Waals surface area contributed by atoms with E-state index < -0.39 is 0 Å². The summed E-state index contributed by atoms with van der Waals surface area (Å²) in [6.45, 7) is 0. The van der Waals surface area contributed by atoms with Gasteiger partial charge in [-0.1, -0.05) is 0 Å². The summed E-state index contributed by atoms with van der Waals surface area (Å²) in [6.07, 6.45) is 0. The summed E-state index contributed by atoms with van der Waals surface area (Å²) in [5, 5.41) is 3.81. The van der Waals surface area contributed by atoms with Gasteiger partial charge in [-0.05, 0) is 15.9 Å². The smallest absolute Gasteiger partial charge is 0.219 e. The molecule has 0 amide bonds. The molecule has 0 aliphatic rings. The van der Waals surface area contributed by atoms with Gasteiger partial charge < -0.3 is 5.73 Å². The van der Waals surface area contributed by atoms with Crippen molar-refractivity contribution in [3.8, 4) is 0 Å². The maximum atomic E-state index is 5.30. The average Bonchev–Trinajstić information content (AvgIpc) is 1.85. The van der Waals surface area contributed by atoms with Gasteiger partial charge in [0.2, 0.25) is 10.7 Å². The van der Waals surface area contributed by atoms with Crippen LogP contribution in [0.1, 0.15) is 0 Å². The van der Waals surface area contributed by atoms with Crippen LogP contribution < -0.4 is 5.73 Å². The number of hydrogen-bond acceptors (Lipinski definition) is 3. The molecule has 44 valence electrons. The molecule has 1 rings (SSSR count). The molecule has 0 spiro atoms. The van der Waals surface area contributed by atoms with E-state index in [1.165, 1.54) is 4.68 Å². The van der Waals surface area contributed by atoms with Crippen molar-refractivity contribution >= 4 is 21.9 Å². The first-order valence-electron chi connectivity index (χ1n) is 2.02. The fourth-order valence-electron chi connectivity index (χ4n) is 0.364. The molecule has 8 heavy (non-hydrogen) atoms. The van der Waals surface area contributed by atoms with Crippen molar-refractivity contribution in [1.29, 1.82) is 0 Å². The van der Waals surface area contributed by atoms with Crippen LogP contribution in [-0.2, 0) is 7.05 Å². The highest BCUT2D eigenvalue weighted by molar-refractivity contribution is 9.10. The summed E-state index contributed by atoms with van der Waals surface area (Å²) < 4.78 is 2.02. The van der Waals surface area contributed by atoms with Gasteiger partial charge in [-0.25, -0.2) is 4.68 Å². The van der Waals surface area contributed by atoms with Crippen molar-refractivity contribution in [2.75, 3.05) is 5.73 Å².